The molecule has 0 radical (unpaired) electrons. The Labute approximate surface area is 139 Å². The number of benzene rings is 1. The molecule has 0 saturated heterocycles. The van der Waals surface area contributed by atoms with Gasteiger partial charge in [0.05, 0.1) is 4.92 Å². The van der Waals surface area contributed by atoms with Crippen molar-refractivity contribution < 1.29 is 9.72 Å². The van der Waals surface area contributed by atoms with Crippen molar-refractivity contribution in [3.05, 3.63) is 38.9 Å². The van der Waals surface area contributed by atoms with Crippen LogP contribution in [0.5, 0.6) is 0 Å². The average Bonchev–Trinajstić information content (AvgIpc) is 2.49. The third-order valence-electron chi connectivity index (χ3n) is 5.93. The minimum atomic E-state index is -0.544. The SMILES string of the molecule is O=C(NC1C2CC3CC(C2)CC1C3)c1ccc(Cl)cc1[N+](=O)[O-]. The van der Waals surface area contributed by atoms with Crippen LogP contribution in [0.25, 0.3) is 0 Å². The fourth-order valence-electron chi connectivity index (χ4n) is 5.24. The maximum Gasteiger partial charge on any atom is 0.283 e. The Balaban J connectivity index is 1.56. The molecule has 1 aromatic rings. The van der Waals surface area contributed by atoms with E-state index in [0.29, 0.717) is 11.8 Å². The van der Waals surface area contributed by atoms with E-state index in [-0.39, 0.29) is 28.2 Å². The zero-order valence-electron chi connectivity index (χ0n) is 12.7. The summed E-state index contributed by atoms with van der Waals surface area (Å²) in [4.78, 5) is 23.3. The second-order valence-electron chi connectivity index (χ2n) is 7.35. The molecule has 0 atom stereocenters. The quantitative estimate of drug-likeness (QED) is 0.675. The van der Waals surface area contributed by atoms with Crippen LogP contribution in [0.4, 0.5) is 5.69 Å². The maximum absolute atomic E-state index is 12.6. The van der Waals surface area contributed by atoms with Crippen molar-refractivity contribution in [1.82, 2.24) is 5.32 Å². The number of nitrogens with zero attached hydrogens (tertiary/aromatic N) is 1. The topological polar surface area (TPSA) is 72.2 Å². The fourth-order valence-corrected chi connectivity index (χ4v) is 5.40. The van der Waals surface area contributed by atoms with Crippen LogP contribution in [0.15, 0.2) is 18.2 Å². The summed E-state index contributed by atoms with van der Waals surface area (Å²) >= 11 is 5.82. The standard InChI is InChI=1S/C17H19ClN2O3/c18-13-1-2-14(15(8-13)20(22)23)17(21)19-16-11-4-9-3-10(6-11)7-12(16)5-9/h1-2,8-12,16H,3-7H2,(H,19,21). The Morgan fingerprint density at radius 3 is 2.30 bits per heavy atom. The Kier molecular flexibility index (Phi) is 3.56. The van der Waals surface area contributed by atoms with Crippen LogP contribution in [0, 0.1) is 33.8 Å². The predicted molar refractivity (Wildman–Crippen MR) is 86.4 cm³/mol. The molecular formula is C17H19ClN2O3. The van der Waals surface area contributed by atoms with E-state index in [2.05, 4.69) is 5.32 Å². The number of hydrogen-bond donors (Lipinski definition) is 1. The zero-order valence-corrected chi connectivity index (χ0v) is 13.5. The number of nitro groups is 1. The number of carbonyl (C=O) groups is 1. The summed E-state index contributed by atoms with van der Waals surface area (Å²) in [5, 5.41) is 14.6. The molecule has 4 bridgehead atoms. The average molecular weight is 335 g/mol. The number of rotatable bonds is 3. The summed E-state index contributed by atoms with van der Waals surface area (Å²) in [5.74, 6) is 2.40. The summed E-state index contributed by atoms with van der Waals surface area (Å²) in [5.41, 5.74) is -0.118. The van der Waals surface area contributed by atoms with Gasteiger partial charge in [0.15, 0.2) is 0 Å². The molecule has 0 spiro atoms. The van der Waals surface area contributed by atoms with Gasteiger partial charge in [0.25, 0.3) is 11.6 Å². The van der Waals surface area contributed by atoms with Gasteiger partial charge >= 0.3 is 0 Å². The lowest BCUT2D eigenvalue weighted by Gasteiger charge is -2.54. The predicted octanol–water partition coefficient (Wildman–Crippen LogP) is 3.80. The number of hydrogen-bond acceptors (Lipinski definition) is 3. The number of nitro benzene ring substituents is 1. The molecule has 122 valence electrons. The van der Waals surface area contributed by atoms with Crippen LogP contribution in [0.2, 0.25) is 5.02 Å². The van der Waals surface area contributed by atoms with Crippen molar-refractivity contribution in [2.75, 3.05) is 0 Å². The lowest BCUT2D eigenvalue weighted by molar-refractivity contribution is -0.385. The smallest absolute Gasteiger partial charge is 0.283 e. The second-order valence-corrected chi connectivity index (χ2v) is 7.78. The summed E-state index contributed by atoms with van der Waals surface area (Å²) in [6.07, 6.45) is 6.14. The molecule has 6 heteroatoms. The van der Waals surface area contributed by atoms with Crippen LogP contribution < -0.4 is 5.32 Å². The Hall–Kier alpha value is -1.62. The van der Waals surface area contributed by atoms with Gasteiger partial charge in [-0.05, 0) is 67.9 Å². The summed E-state index contributed by atoms with van der Waals surface area (Å²) < 4.78 is 0. The molecule has 0 unspecified atom stereocenters. The van der Waals surface area contributed by atoms with E-state index in [9.17, 15) is 14.9 Å². The van der Waals surface area contributed by atoms with E-state index in [0.717, 1.165) is 11.8 Å². The fraction of sp³-hybridized carbons (Fsp3) is 0.588. The highest BCUT2D eigenvalue weighted by atomic mass is 35.5. The van der Waals surface area contributed by atoms with Crippen molar-refractivity contribution in [2.24, 2.45) is 23.7 Å². The molecule has 1 amide bonds. The highest BCUT2D eigenvalue weighted by molar-refractivity contribution is 6.31. The molecule has 4 aliphatic rings. The number of nitrogens with one attached hydrogen (secondary N) is 1. The molecule has 5 nitrogen and oxygen atoms in total. The first-order chi connectivity index (χ1) is 11.0. The van der Waals surface area contributed by atoms with Crippen molar-refractivity contribution in [1.29, 1.82) is 0 Å². The van der Waals surface area contributed by atoms with Crippen LogP contribution in [-0.4, -0.2) is 16.9 Å². The van der Waals surface area contributed by atoms with Gasteiger partial charge in [-0.1, -0.05) is 11.6 Å². The van der Waals surface area contributed by atoms with E-state index in [1.807, 2.05) is 0 Å². The second kappa shape index (κ2) is 5.48. The highest BCUT2D eigenvalue weighted by Crippen LogP contribution is 2.53. The first kappa shape index (κ1) is 14.9. The van der Waals surface area contributed by atoms with Crippen LogP contribution in [-0.2, 0) is 0 Å². The molecular weight excluding hydrogens is 316 g/mol. The lowest BCUT2D eigenvalue weighted by Crippen LogP contribution is -2.55. The minimum Gasteiger partial charge on any atom is -0.349 e. The van der Waals surface area contributed by atoms with Gasteiger partial charge in [0.1, 0.15) is 5.56 Å². The first-order valence-corrected chi connectivity index (χ1v) is 8.64. The first-order valence-electron chi connectivity index (χ1n) is 8.26. The maximum atomic E-state index is 12.6. The number of carbonyl (C=O) groups excluding carboxylic acids is 1. The summed E-state index contributed by atoms with van der Waals surface area (Å²) in [7, 11) is 0. The van der Waals surface area contributed by atoms with E-state index in [1.54, 1.807) is 0 Å². The largest absolute Gasteiger partial charge is 0.349 e. The molecule has 1 N–H and O–H groups in total. The normalized spacial score (nSPS) is 34.4. The van der Waals surface area contributed by atoms with Gasteiger partial charge in [-0.15, -0.1) is 0 Å². The minimum absolute atomic E-state index is 0.105. The molecule has 4 saturated carbocycles. The third-order valence-corrected chi connectivity index (χ3v) is 6.16. The monoisotopic (exact) mass is 334 g/mol. The Bertz CT molecular complexity index is 648. The van der Waals surface area contributed by atoms with Gasteiger partial charge in [-0.25, -0.2) is 0 Å². The summed E-state index contributed by atoms with van der Waals surface area (Å²) in [6.45, 7) is 0. The molecule has 4 aliphatic carbocycles. The van der Waals surface area contributed by atoms with Gasteiger partial charge < -0.3 is 5.32 Å². The van der Waals surface area contributed by atoms with E-state index in [4.69, 9.17) is 11.6 Å². The van der Waals surface area contributed by atoms with E-state index >= 15 is 0 Å². The number of halogens is 1. The van der Waals surface area contributed by atoms with Gasteiger partial charge in [-0.3, -0.25) is 14.9 Å². The van der Waals surface area contributed by atoms with Gasteiger partial charge in [0.2, 0.25) is 0 Å². The molecule has 1 aromatic carbocycles. The van der Waals surface area contributed by atoms with Crippen molar-refractivity contribution in [3.63, 3.8) is 0 Å². The summed E-state index contributed by atoms with van der Waals surface area (Å²) in [6, 6.07) is 4.39. The van der Waals surface area contributed by atoms with E-state index < -0.39 is 4.92 Å². The van der Waals surface area contributed by atoms with Crippen molar-refractivity contribution >= 4 is 23.2 Å². The molecule has 23 heavy (non-hydrogen) atoms. The number of amides is 1. The van der Waals surface area contributed by atoms with E-state index in [1.165, 1.54) is 50.3 Å². The van der Waals surface area contributed by atoms with Gasteiger partial charge in [-0.2, -0.15) is 0 Å². The van der Waals surface area contributed by atoms with Crippen LogP contribution >= 0.6 is 11.6 Å². The van der Waals surface area contributed by atoms with Crippen LogP contribution in [0.3, 0.4) is 0 Å². The third kappa shape index (κ3) is 2.61. The molecule has 0 aromatic heterocycles. The highest BCUT2D eigenvalue weighted by Gasteiger charge is 2.48. The molecule has 0 aliphatic heterocycles. The zero-order chi connectivity index (χ0) is 16.1. The Morgan fingerprint density at radius 2 is 1.74 bits per heavy atom. The van der Waals surface area contributed by atoms with Crippen molar-refractivity contribution in [3.8, 4) is 0 Å². The molecule has 4 fully saturated rings. The lowest BCUT2D eigenvalue weighted by atomic mass is 9.54. The van der Waals surface area contributed by atoms with Gasteiger partial charge in [0, 0.05) is 17.1 Å². The molecule has 0 heterocycles. The van der Waals surface area contributed by atoms with Crippen LogP contribution in [0.1, 0.15) is 42.5 Å². The Morgan fingerprint density at radius 1 is 1.13 bits per heavy atom. The van der Waals surface area contributed by atoms with Crippen molar-refractivity contribution in [2.45, 2.75) is 38.1 Å². The molecule has 5 rings (SSSR count).